The van der Waals surface area contributed by atoms with E-state index in [1.165, 1.54) is 88.2 Å². The van der Waals surface area contributed by atoms with Gasteiger partial charge in [-0.2, -0.15) is 0 Å². The standard InChI is InChI=1S/C43H63N3O/c1-6-25-43(3,4)26-12-8-9-14-36-15-10-11-16-37(32-35(7-2)31-36)19-20-38-17-13-18-40(33-38)42(47)44-41-23-21-39(22-24-41)34-46-29-27-45(5)28-30-46/h13,17-18,21-24,32-33,35-36H,6-12,14-16,25-31,34H2,1-5H3,(H,44,47). The van der Waals surface area contributed by atoms with Crippen molar-refractivity contribution in [3.8, 4) is 11.8 Å². The SMILES string of the molecule is CCCC(C)(C)CCCCCC1CCCCC(C#Cc2cccc(C(=O)Nc3ccc(CN4CCN(C)CC4)cc3)c2)=CC(CC)C1. The van der Waals surface area contributed by atoms with Crippen LogP contribution in [-0.2, 0) is 6.54 Å². The second-order valence-electron chi connectivity index (χ2n) is 15.3. The third kappa shape index (κ3) is 13.3. The molecule has 1 saturated heterocycles. The predicted molar refractivity (Wildman–Crippen MR) is 201 cm³/mol. The maximum atomic E-state index is 13.1. The van der Waals surface area contributed by atoms with Crippen LogP contribution in [-0.4, -0.2) is 48.9 Å². The van der Waals surface area contributed by atoms with Crippen LogP contribution in [0.3, 0.4) is 0 Å². The first-order valence-electron chi connectivity index (χ1n) is 18.9. The molecule has 2 aromatic rings. The average molecular weight is 638 g/mol. The third-order valence-corrected chi connectivity index (χ3v) is 10.5. The van der Waals surface area contributed by atoms with Gasteiger partial charge in [0.2, 0.25) is 0 Å². The lowest BCUT2D eigenvalue weighted by atomic mass is 9.82. The number of carbonyl (C=O) groups excluding carboxylic acids is 1. The molecule has 47 heavy (non-hydrogen) atoms. The lowest BCUT2D eigenvalue weighted by molar-refractivity contribution is 0.102. The highest BCUT2D eigenvalue weighted by molar-refractivity contribution is 6.04. The normalized spacial score (nSPS) is 19.9. The van der Waals surface area contributed by atoms with Crippen molar-refractivity contribution in [3.05, 3.63) is 76.9 Å². The minimum absolute atomic E-state index is 0.0936. The summed E-state index contributed by atoms with van der Waals surface area (Å²) in [7, 11) is 2.18. The number of hydrogen-bond acceptors (Lipinski definition) is 3. The fraction of sp³-hybridized carbons (Fsp3) is 0.605. The van der Waals surface area contributed by atoms with Gasteiger partial charge in [-0.1, -0.05) is 109 Å². The Morgan fingerprint density at radius 2 is 1.72 bits per heavy atom. The zero-order valence-electron chi connectivity index (χ0n) is 30.4. The first kappa shape index (κ1) is 37.0. The molecule has 2 aliphatic rings. The average Bonchev–Trinajstić information content (AvgIpc) is 3.16. The van der Waals surface area contributed by atoms with Crippen molar-refractivity contribution >= 4 is 11.6 Å². The van der Waals surface area contributed by atoms with Crippen LogP contribution in [0.15, 0.2) is 60.2 Å². The summed E-state index contributed by atoms with van der Waals surface area (Å²) < 4.78 is 0. The topological polar surface area (TPSA) is 35.6 Å². The molecule has 1 heterocycles. The van der Waals surface area contributed by atoms with Crippen LogP contribution in [0, 0.1) is 29.1 Å². The Bertz CT molecular complexity index is 1320. The van der Waals surface area contributed by atoms with Crippen LogP contribution < -0.4 is 5.32 Å². The van der Waals surface area contributed by atoms with Crippen molar-refractivity contribution in [2.45, 2.75) is 118 Å². The van der Waals surface area contributed by atoms with Crippen molar-refractivity contribution in [1.82, 2.24) is 9.80 Å². The number of unbranched alkanes of at least 4 members (excludes halogenated alkanes) is 2. The van der Waals surface area contributed by atoms with E-state index in [0.29, 0.717) is 16.9 Å². The minimum atomic E-state index is -0.0936. The Hall–Kier alpha value is -2.87. The number of hydrogen-bond donors (Lipinski definition) is 1. The number of likely N-dealkylation sites (N-methyl/N-ethyl adjacent to an activating group) is 1. The van der Waals surface area contributed by atoms with Gasteiger partial charge in [-0.25, -0.2) is 0 Å². The van der Waals surface area contributed by atoms with E-state index in [-0.39, 0.29) is 5.91 Å². The number of nitrogens with zero attached hydrogens (tertiary/aromatic N) is 2. The Labute approximate surface area is 287 Å². The number of anilines is 1. The lowest BCUT2D eigenvalue weighted by Crippen LogP contribution is -2.43. The molecule has 2 aromatic carbocycles. The summed E-state index contributed by atoms with van der Waals surface area (Å²) >= 11 is 0. The van der Waals surface area contributed by atoms with E-state index < -0.39 is 0 Å². The fourth-order valence-electron chi connectivity index (χ4n) is 7.45. The molecule has 1 aliphatic heterocycles. The van der Waals surface area contributed by atoms with Crippen molar-refractivity contribution in [3.63, 3.8) is 0 Å². The number of piperazine rings is 1. The van der Waals surface area contributed by atoms with Crippen molar-refractivity contribution < 1.29 is 4.79 Å². The van der Waals surface area contributed by atoms with Gasteiger partial charge < -0.3 is 10.2 Å². The summed E-state index contributed by atoms with van der Waals surface area (Å²) in [5.41, 5.74) is 5.43. The molecule has 4 rings (SSSR count). The van der Waals surface area contributed by atoms with E-state index in [0.717, 1.165) is 56.3 Å². The smallest absolute Gasteiger partial charge is 0.255 e. The number of carbonyl (C=O) groups is 1. The quantitative estimate of drug-likeness (QED) is 0.175. The van der Waals surface area contributed by atoms with E-state index in [9.17, 15) is 4.79 Å². The summed E-state index contributed by atoms with van der Waals surface area (Å²) in [6, 6.07) is 16.0. The lowest BCUT2D eigenvalue weighted by Gasteiger charge is -2.32. The molecule has 1 fully saturated rings. The van der Waals surface area contributed by atoms with Gasteiger partial charge in [0.05, 0.1) is 0 Å². The minimum Gasteiger partial charge on any atom is -0.322 e. The second-order valence-corrected chi connectivity index (χ2v) is 15.3. The molecular weight excluding hydrogens is 574 g/mol. The molecule has 0 bridgehead atoms. The maximum absolute atomic E-state index is 13.1. The summed E-state index contributed by atoms with van der Waals surface area (Å²) in [6.45, 7) is 14.9. The number of allylic oxidation sites excluding steroid dienone is 2. The van der Waals surface area contributed by atoms with E-state index in [4.69, 9.17) is 0 Å². The van der Waals surface area contributed by atoms with Gasteiger partial charge in [0, 0.05) is 49.5 Å². The Balaban J connectivity index is 1.29. The zero-order valence-corrected chi connectivity index (χ0v) is 30.4. The molecular formula is C43H63N3O. The number of benzene rings is 2. The number of rotatable bonds is 13. The van der Waals surface area contributed by atoms with Crippen LogP contribution in [0.4, 0.5) is 5.69 Å². The van der Waals surface area contributed by atoms with Crippen LogP contribution >= 0.6 is 0 Å². The van der Waals surface area contributed by atoms with Gasteiger partial charge in [-0.3, -0.25) is 9.69 Å². The van der Waals surface area contributed by atoms with Gasteiger partial charge in [0.1, 0.15) is 0 Å². The van der Waals surface area contributed by atoms with Crippen LogP contribution in [0.2, 0.25) is 0 Å². The van der Waals surface area contributed by atoms with E-state index in [2.05, 4.69) is 79.9 Å². The van der Waals surface area contributed by atoms with Gasteiger partial charge in [0.15, 0.2) is 0 Å². The monoisotopic (exact) mass is 637 g/mol. The molecule has 1 amide bonds. The summed E-state index contributed by atoms with van der Waals surface area (Å²) in [6.07, 6.45) is 19.5. The zero-order chi connectivity index (χ0) is 33.5. The highest BCUT2D eigenvalue weighted by Crippen LogP contribution is 2.32. The van der Waals surface area contributed by atoms with Crippen LogP contribution in [0.5, 0.6) is 0 Å². The van der Waals surface area contributed by atoms with E-state index in [1.54, 1.807) is 0 Å². The molecule has 256 valence electrons. The molecule has 2 atom stereocenters. The maximum Gasteiger partial charge on any atom is 0.255 e. The Morgan fingerprint density at radius 1 is 0.936 bits per heavy atom. The van der Waals surface area contributed by atoms with Gasteiger partial charge in [0.25, 0.3) is 5.91 Å². The van der Waals surface area contributed by atoms with Crippen LogP contribution in [0.25, 0.3) is 0 Å². The van der Waals surface area contributed by atoms with Crippen molar-refractivity contribution in [1.29, 1.82) is 0 Å². The first-order chi connectivity index (χ1) is 22.7. The second kappa shape index (κ2) is 19.2. The largest absolute Gasteiger partial charge is 0.322 e. The third-order valence-electron chi connectivity index (χ3n) is 10.5. The highest BCUT2D eigenvalue weighted by atomic mass is 16.1. The first-order valence-corrected chi connectivity index (χ1v) is 18.9. The Kier molecular flexibility index (Phi) is 15.1. The Morgan fingerprint density at radius 3 is 2.47 bits per heavy atom. The van der Waals surface area contributed by atoms with Crippen molar-refractivity contribution in [2.24, 2.45) is 17.3 Å². The molecule has 0 aromatic heterocycles. The molecule has 0 spiro atoms. The van der Waals surface area contributed by atoms with Gasteiger partial charge in [-0.15, -0.1) is 0 Å². The van der Waals surface area contributed by atoms with Crippen molar-refractivity contribution in [2.75, 3.05) is 38.5 Å². The highest BCUT2D eigenvalue weighted by Gasteiger charge is 2.19. The van der Waals surface area contributed by atoms with Crippen LogP contribution in [0.1, 0.15) is 133 Å². The summed E-state index contributed by atoms with van der Waals surface area (Å²) in [5, 5.41) is 3.08. The summed E-state index contributed by atoms with van der Waals surface area (Å²) in [5.74, 6) is 8.29. The van der Waals surface area contributed by atoms with Gasteiger partial charge >= 0.3 is 0 Å². The molecule has 2 unspecified atom stereocenters. The number of amides is 1. The predicted octanol–water partition coefficient (Wildman–Crippen LogP) is 10.3. The molecule has 4 heteroatoms. The molecule has 1 N–H and O–H groups in total. The molecule has 1 aliphatic carbocycles. The molecule has 4 nitrogen and oxygen atoms in total. The summed E-state index contributed by atoms with van der Waals surface area (Å²) in [4.78, 5) is 18.0. The molecule has 0 radical (unpaired) electrons. The molecule has 0 saturated carbocycles. The van der Waals surface area contributed by atoms with E-state index >= 15 is 0 Å². The number of nitrogens with one attached hydrogen (secondary N) is 1. The van der Waals surface area contributed by atoms with Gasteiger partial charge in [-0.05, 0) is 104 Å². The van der Waals surface area contributed by atoms with E-state index in [1.807, 2.05) is 36.4 Å². The fourth-order valence-corrected chi connectivity index (χ4v) is 7.45.